The molecule has 1 N–H and O–H groups in total. The van der Waals surface area contributed by atoms with Crippen LogP contribution in [-0.2, 0) is 4.79 Å². The zero-order valence-corrected chi connectivity index (χ0v) is 13.1. The lowest BCUT2D eigenvalue weighted by molar-refractivity contribution is -0.119. The van der Waals surface area contributed by atoms with E-state index in [4.69, 9.17) is 0 Å². The molecule has 1 aliphatic rings. The lowest BCUT2D eigenvalue weighted by Gasteiger charge is -2.22. The summed E-state index contributed by atoms with van der Waals surface area (Å²) in [5.74, 6) is 1.18. The molecule has 1 aliphatic carbocycles. The Hall–Kier alpha value is -1.89. The molecule has 0 unspecified atom stereocenters. The van der Waals surface area contributed by atoms with E-state index >= 15 is 0 Å². The molecule has 0 saturated heterocycles. The fraction of sp³-hybridized carbons (Fsp3) is 0.467. The third-order valence-electron chi connectivity index (χ3n) is 3.72. The van der Waals surface area contributed by atoms with Crippen LogP contribution in [0.1, 0.15) is 32.1 Å². The third kappa shape index (κ3) is 4.07. The summed E-state index contributed by atoms with van der Waals surface area (Å²) in [6.45, 7) is 0. The van der Waals surface area contributed by atoms with Crippen molar-refractivity contribution in [2.75, 3.05) is 5.75 Å². The van der Waals surface area contributed by atoms with Gasteiger partial charge >= 0.3 is 0 Å². The maximum atomic E-state index is 11.9. The van der Waals surface area contributed by atoms with Gasteiger partial charge in [-0.15, -0.1) is 10.2 Å². The molecule has 6 nitrogen and oxygen atoms in total. The van der Waals surface area contributed by atoms with Gasteiger partial charge in [-0.1, -0.05) is 31.0 Å². The Morgan fingerprint density at radius 1 is 1.27 bits per heavy atom. The molecule has 0 radical (unpaired) electrons. The number of imidazole rings is 1. The molecule has 3 rings (SSSR count). The van der Waals surface area contributed by atoms with Gasteiger partial charge < -0.3 is 5.32 Å². The SMILES string of the molecule is O=C(CSc1ccc(-n2ccnc2)nn1)NC1CCCCC1. The first-order valence-corrected chi connectivity index (χ1v) is 8.54. The zero-order chi connectivity index (χ0) is 15.2. The van der Waals surface area contributed by atoms with Crippen LogP contribution in [0.15, 0.2) is 35.9 Å². The van der Waals surface area contributed by atoms with Gasteiger partial charge in [0.1, 0.15) is 11.4 Å². The van der Waals surface area contributed by atoms with Gasteiger partial charge in [-0.2, -0.15) is 0 Å². The normalized spacial score (nSPS) is 15.6. The number of nitrogens with zero attached hydrogens (tertiary/aromatic N) is 4. The van der Waals surface area contributed by atoms with Gasteiger partial charge in [-0.3, -0.25) is 9.36 Å². The van der Waals surface area contributed by atoms with Crippen molar-refractivity contribution in [2.45, 2.75) is 43.2 Å². The summed E-state index contributed by atoms with van der Waals surface area (Å²) in [7, 11) is 0. The third-order valence-corrected chi connectivity index (χ3v) is 4.64. The van der Waals surface area contributed by atoms with Crippen molar-refractivity contribution in [1.29, 1.82) is 0 Å². The highest BCUT2D eigenvalue weighted by molar-refractivity contribution is 7.99. The molecule has 0 aliphatic heterocycles. The van der Waals surface area contributed by atoms with Gasteiger partial charge in [0.05, 0.1) is 5.75 Å². The number of carbonyl (C=O) groups excluding carboxylic acids is 1. The highest BCUT2D eigenvalue weighted by Crippen LogP contribution is 2.18. The Kier molecular flexibility index (Phi) is 5.05. The van der Waals surface area contributed by atoms with Crippen LogP contribution in [0, 0.1) is 0 Å². The highest BCUT2D eigenvalue weighted by Gasteiger charge is 2.15. The highest BCUT2D eigenvalue weighted by atomic mass is 32.2. The predicted octanol–water partition coefficient (Wildman–Crippen LogP) is 2.20. The van der Waals surface area contributed by atoms with E-state index in [2.05, 4.69) is 20.5 Å². The maximum Gasteiger partial charge on any atom is 0.230 e. The summed E-state index contributed by atoms with van der Waals surface area (Å²) in [6.07, 6.45) is 11.1. The molecule has 2 aromatic rings. The molecule has 2 heterocycles. The zero-order valence-electron chi connectivity index (χ0n) is 12.3. The van der Waals surface area contributed by atoms with Crippen molar-refractivity contribution >= 4 is 17.7 Å². The van der Waals surface area contributed by atoms with E-state index in [1.165, 1.54) is 31.0 Å². The molecule has 1 saturated carbocycles. The van der Waals surface area contributed by atoms with Crippen LogP contribution in [0.5, 0.6) is 0 Å². The van der Waals surface area contributed by atoms with Gasteiger partial charge in [-0.05, 0) is 25.0 Å². The van der Waals surface area contributed by atoms with Crippen LogP contribution in [0.4, 0.5) is 0 Å². The quantitative estimate of drug-likeness (QED) is 0.856. The number of nitrogens with one attached hydrogen (secondary N) is 1. The molecule has 2 aromatic heterocycles. The van der Waals surface area contributed by atoms with Crippen LogP contribution in [0.3, 0.4) is 0 Å². The van der Waals surface area contributed by atoms with Crippen molar-refractivity contribution < 1.29 is 4.79 Å². The lowest BCUT2D eigenvalue weighted by atomic mass is 9.95. The second kappa shape index (κ2) is 7.40. The van der Waals surface area contributed by atoms with Crippen LogP contribution >= 0.6 is 11.8 Å². The number of carbonyl (C=O) groups is 1. The Morgan fingerprint density at radius 3 is 2.82 bits per heavy atom. The van der Waals surface area contributed by atoms with E-state index in [1.807, 2.05) is 18.3 Å². The number of hydrogen-bond donors (Lipinski definition) is 1. The summed E-state index contributed by atoms with van der Waals surface area (Å²) in [5, 5.41) is 12.1. The van der Waals surface area contributed by atoms with Crippen molar-refractivity contribution in [3.05, 3.63) is 30.9 Å². The number of amides is 1. The molecule has 0 atom stereocenters. The molecule has 0 aromatic carbocycles. The van der Waals surface area contributed by atoms with Gasteiger partial charge in [-0.25, -0.2) is 4.98 Å². The second-order valence-electron chi connectivity index (χ2n) is 5.39. The first-order valence-electron chi connectivity index (χ1n) is 7.55. The molecular formula is C15H19N5OS. The van der Waals surface area contributed by atoms with Crippen LogP contribution < -0.4 is 5.32 Å². The lowest BCUT2D eigenvalue weighted by Crippen LogP contribution is -2.37. The minimum atomic E-state index is 0.0809. The molecular weight excluding hydrogens is 298 g/mol. The predicted molar refractivity (Wildman–Crippen MR) is 84.9 cm³/mol. The van der Waals surface area contributed by atoms with E-state index in [9.17, 15) is 4.79 Å². The number of thioether (sulfide) groups is 1. The van der Waals surface area contributed by atoms with Crippen LogP contribution in [0.25, 0.3) is 5.82 Å². The minimum Gasteiger partial charge on any atom is -0.353 e. The summed E-state index contributed by atoms with van der Waals surface area (Å²) in [6, 6.07) is 4.10. The summed E-state index contributed by atoms with van der Waals surface area (Å²) >= 11 is 1.41. The molecule has 116 valence electrons. The van der Waals surface area contributed by atoms with E-state index < -0.39 is 0 Å². The number of rotatable bonds is 5. The molecule has 1 fully saturated rings. The average Bonchev–Trinajstić information content (AvgIpc) is 3.09. The van der Waals surface area contributed by atoms with E-state index in [0.717, 1.165) is 17.9 Å². The molecule has 1 amide bonds. The van der Waals surface area contributed by atoms with Crippen molar-refractivity contribution in [3.63, 3.8) is 0 Å². The van der Waals surface area contributed by atoms with Gasteiger partial charge in [0, 0.05) is 18.4 Å². The molecule has 7 heteroatoms. The fourth-order valence-electron chi connectivity index (χ4n) is 2.58. The Morgan fingerprint density at radius 2 is 2.14 bits per heavy atom. The largest absolute Gasteiger partial charge is 0.353 e. The monoisotopic (exact) mass is 317 g/mol. The molecule has 0 spiro atoms. The second-order valence-corrected chi connectivity index (χ2v) is 6.39. The molecule has 0 bridgehead atoms. The topological polar surface area (TPSA) is 72.7 Å². The first-order chi connectivity index (χ1) is 10.8. The van der Waals surface area contributed by atoms with Crippen molar-refractivity contribution in [1.82, 2.24) is 25.1 Å². The van der Waals surface area contributed by atoms with Crippen molar-refractivity contribution in [2.24, 2.45) is 0 Å². The minimum absolute atomic E-state index is 0.0809. The van der Waals surface area contributed by atoms with Gasteiger partial charge in [0.2, 0.25) is 5.91 Å². The maximum absolute atomic E-state index is 11.9. The molecule has 22 heavy (non-hydrogen) atoms. The number of aromatic nitrogens is 4. The average molecular weight is 317 g/mol. The summed E-state index contributed by atoms with van der Waals surface area (Å²) in [4.78, 5) is 15.9. The fourth-order valence-corrected chi connectivity index (χ4v) is 3.20. The number of hydrogen-bond acceptors (Lipinski definition) is 5. The smallest absolute Gasteiger partial charge is 0.230 e. The van der Waals surface area contributed by atoms with Crippen LogP contribution in [0.2, 0.25) is 0 Å². The Labute approximate surface area is 133 Å². The standard InChI is InChI=1S/C15H19N5OS/c21-14(17-12-4-2-1-3-5-12)10-22-15-7-6-13(18-19-15)20-9-8-16-11-20/h6-9,11-12H,1-5,10H2,(H,17,21). The first kappa shape index (κ1) is 15.0. The van der Waals surface area contributed by atoms with Gasteiger partial charge in [0.25, 0.3) is 0 Å². The van der Waals surface area contributed by atoms with E-state index in [1.54, 1.807) is 17.1 Å². The Bertz CT molecular complexity index is 593. The Balaban J connectivity index is 1.47. The van der Waals surface area contributed by atoms with Gasteiger partial charge in [0.15, 0.2) is 5.82 Å². The van der Waals surface area contributed by atoms with Crippen LogP contribution in [-0.4, -0.2) is 37.5 Å². The van der Waals surface area contributed by atoms with Crippen molar-refractivity contribution in [3.8, 4) is 5.82 Å². The summed E-state index contributed by atoms with van der Waals surface area (Å²) in [5.41, 5.74) is 0. The van der Waals surface area contributed by atoms with E-state index in [-0.39, 0.29) is 5.91 Å². The van der Waals surface area contributed by atoms with E-state index in [0.29, 0.717) is 17.6 Å². The summed E-state index contributed by atoms with van der Waals surface area (Å²) < 4.78 is 1.79.